The highest BCUT2D eigenvalue weighted by Gasteiger charge is 2.33. The Labute approximate surface area is 189 Å². The number of aryl methyl sites for hydroxylation is 1. The number of amides is 1. The molecular weight excluding hydrogens is 454 g/mol. The molecule has 3 aromatic heterocycles. The molecule has 1 aromatic carbocycles. The van der Waals surface area contributed by atoms with Crippen molar-refractivity contribution in [2.75, 3.05) is 23.3 Å². The van der Waals surface area contributed by atoms with Crippen LogP contribution in [0, 0.1) is 11.6 Å². The lowest BCUT2D eigenvalue weighted by atomic mass is 10.0. The molecule has 1 atom stereocenters. The molecule has 0 unspecified atom stereocenters. The smallest absolute Gasteiger partial charge is 0.414 e. The molecule has 0 saturated carbocycles. The zero-order valence-corrected chi connectivity index (χ0v) is 18.0. The lowest BCUT2D eigenvalue weighted by Crippen LogP contribution is -2.27. The van der Waals surface area contributed by atoms with E-state index in [4.69, 9.17) is 4.74 Å². The van der Waals surface area contributed by atoms with Gasteiger partial charge in [-0.15, -0.1) is 21.5 Å². The van der Waals surface area contributed by atoms with E-state index in [2.05, 4.69) is 30.7 Å². The van der Waals surface area contributed by atoms with Crippen LogP contribution in [0.3, 0.4) is 0 Å². The summed E-state index contributed by atoms with van der Waals surface area (Å²) in [6.07, 6.45) is 1.83. The number of carbonyl (C=O) groups is 1. The van der Waals surface area contributed by atoms with Gasteiger partial charge in [-0.05, 0) is 23.4 Å². The first-order valence-corrected chi connectivity index (χ1v) is 10.7. The number of nitrogens with one attached hydrogen (secondary N) is 1. The van der Waals surface area contributed by atoms with E-state index in [1.165, 1.54) is 33.3 Å². The molecule has 1 aliphatic rings. The van der Waals surface area contributed by atoms with Gasteiger partial charge in [0, 0.05) is 23.3 Å². The number of carbonyl (C=O) groups excluding carboxylic acids is 1. The number of tetrazole rings is 1. The number of aromatic nitrogens is 6. The second kappa shape index (κ2) is 8.50. The molecule has 10 nitrogen and oxygen atoms in total. The molecule has 4 aromatic rings. The summed E-state index contributed by atoms with van der Waals surface area (Å²) >= 11 is 1.42. The van der Waals surface area contributed by atoms with E-state index in [1.54, 1.807) is 19.3 Å². The number of hydrogen-bond acceptors (Lipinski definition) is 9. The molecule has 1 amide bonds. The lowest BCUT2D eigenvalue weighted by molar-refractivity contribution is 0.147. The van der Waals surface area contributed by atoms with Crippen molar-refractivity contribution < 1.29 is 18.3 Å². The minimum atomic E-state index is -0.825. The van der Waals surface area contributed by atoms with Crippen molar-refractivity contribution >= 4 is 28.2 Å². The molecule has 4 heterocycles. The number of anilines is 2. The van der Waals surface area contributed by atoms with Crippen molar-refractivity contribution in [3.8, 4) is 22.6 Å². The van der Waals surface area contributed by atoms with Crippen LogP contribution in [0.5, 0.6) is 0 Å². The number of nitrogens with zero attached hydrogens (tertiary/aromatic N) is 7. The number of ether oxygens (including phenoxy) is 1. The van der Waals surface area contributed by atoms with Gasteiger partial charge in [-0.1, -0.05) is 6.07 Å². The molecule has 33 heavy (non-hydrogen) atoms. The normalized spacial score (nSPS) is 15.7. The number of halogens is 2. The molecule has 168 valence electrons. The second-order valence-corrected chi connectivity index (χ2v) is 8.05. The topological polar surface area (TPSA) is 111 Å². The monoisotopic (exact) mass is 470 g/mol. The van der Waals surface area contributed by atoms with E-state index in [9.17, 15) is 13.6 Å². The summed E-state index contributed by atoms with van der Waals surface area (Å²) in [5.41, 5.74) is 0.475. The highest BCUT2D eigenvalue weighted by Crippen LogP contribution is 2.32. The van der Waals surface area contributed by atoms with Gasteiger partial charge in [0.2, 0.25) is 5.82 Å². The van der Waals surface area contributed by atoms with E-state index in [0.717, 1.165) is 12.1 Å². The van der Waals surface area contributed by atoms with Gasteiger partial charge in [0.1, 0.15) is 23.4 Å². The quantitative estimate of drug-likeness (QED) is 0.458. The average molecular weight is 470 g/mol. The predicted molar refractivity (Wildman–Crippen MR) is 116 cm³/mol. The van der Waals surface area contributed by atoms with Crippen LogP contribution in [0.4, 0.5) is 24.4 Å². The summed E-state index contributed by atoms with van der Waals surface area (Å²) in [7, 11) is 1.62. The number of benzene rings is 1. The summed E-state index contributed by atoms with van der Waals surface area (Å²) in [6.45, 7) is 0.480. The number of hydrogen-bond donors (Lipinski definition) is 1. The number of rotatable bonds is 6. The molecule has 0 spiro atoms. The Kier molecular flexibility index (Phi) is 5.38. The van der Waals surface area contributed by atoms with Gasteiger partial charge in [-0.3, -0.25) is 9.88 Å². The van der Waals surface area contributed by atoms with Crippen LogP contribution in [-0.2, 0) is 11.8 Å². The van der Waals surface area contributed by atoms with Crippen molar-refractivity contribution in [3.63, 3.8) is 0 Å². The van der Waals surface area contributed by atoms with Gasteiger partial charge in [0.25, 0.3) is 0 Å². The zero-order valence-electron chi connectivity index (χ0n) is 17.1. The summed E-state index contributed by atoms with van der Waals surface area (Å²) < 4.78 is 35.2. The molecule has 1 aliphatic heterocycles. The summed E-state index contributed by atoms with van der Waals surface area (Å²) in [5, 5.41) is 17.2. The first-order valence-electron chi connectivity index (χ1n) is 9.79. The maximum atomic E-state index is 14.9. The average Bonchev–Trinajstić information content (AvgIpc) is 3.54. The minimum absolute atomic E-state index is 0.0730. The lowest BCUT2D eigenvalue weighted by Gasteiger charge is -2.15. The van der Waals surface area contributed by atoms with Gasteiger partial charge in [-0.2, -0.15) is 4.80 Å². The predicted octanol–water partition coefficient (Wildman–Crippen LogP) is 3.11. The third-order valence-corrected chi connectivity index (χ3v) is 5.65. The van der Waals surface area contributed by atoms with E-state index >= 15 is 0 Å². The van der Waals surface area contributed by atoms with Crippen LogP contribution >= 0.6 is 11.3 Å². The van der Waals surface area contributed by atoms with Crippen molar-refractivity contribution in [1.29, 1.82) is 0 Å². The van der Waals surface area contributed by atoms with Crippen molar-refractivity contribution in [3.05, 3.63) is 53.7 Å². The highest BCUT2D eigenvalue weighted by atomic mass is 32.1. The maximum absolute atomic E-state index is 14.9. The molecule has 13 heteroatoms. The van der Waals surface area contributed by atoms with Gasteiger partial charge < -0.3 is 10.1 Å². The first kappa shape index (κ1) is 20.9. The van der Waals surface area contributed by atoms with Crippen LogP contribution in [-0.4, -0.2) is 55.5 Å². The van der Waals surface area contributed by atoms with E-state index in [-0.39, 0.29) is 23.4 Å². The SMILES string of the molecule is Cn1nnc(-c2ccc(-c3c(F)cc(N4C[C@H](CNc5nccs5)OC4=O)cc3F)cn2)n1. The number of thiazole rings is 1. The first-order chi connectivity index (χ1) is 16.0. The fraction of sp³-hybridized carbons (Fsp3) is 0.200. The fourth-order valence-corrected chi connectivity index (χ4v) is 3.94. The minimum Gasteiger partial charge on any atom is -0.442 e. The van der Waals surface area contributed by atoms with Gasteiger partial charge in [0.15, 0.2) is 5.13 Å². The van der Waals surface area contributed by atoms with Gasteiger partial charge in [-0.25, -0.2) is 18.6 Å². The standard InChI is InChI=1S/C20H16F2N8O2S/c1-29-27-18(26-28-29)16-3-2-11(8-24-16)17-14(21)6-12(7-15(17)22)30-10-13(32-20(30)31)9-25-19-23-4-5-33-19/h2-8,13H,9-10H2,1H3,(H,23,25)/t13-/m0/s1. The molecule has 1 fully saturated rings. The zero-order chi connectivity index (χ0) is 22.9. The van der Waals surface area contributed by atoms with E-state index in [0.29, 0.717) is 23.2 Å². The Hall–Kier alpha value is -4.00. The Bertz CT molecular complexity index is 1270. The molecule has 0 bridgehead atoms. The van der Waals surface area contributed by atoms with Crippen LogP contribution < -0.4 is 10.2 Å². The second-order valence-electron chi connectivity index (χ2n) is 7.15. The maximum Gasteiger partial charge on any atom is 0.414 e. The van der Waals surface area contributed by atoms with Gasteiger partial charge in [0.05, 0.1) is 31.4 Å². The van der Waals surface area contributed by atoms with Crippen LogP contribution in [0.2, 0.25) is 0 Å². The Morgan fingerprint density at radius 3 is 2.70 bits per heavy atom. The number of cyclic esters (lactones) is 1. The van der Waals surface area contributed by atoms with Crippen molar-refractivity contribution in [1.82, 2.24) is 30.2 Å². The molecular formula is C20H16F2N8O2S. The van der Waals surface area contributed by atoms with Crippen LogP contribution in [0.1, 0.15) is 0 Å². The Morgan fingerprint density at radius 1 is 1.24 bits per heavy atom. The van der Waals surface area contributed by atoms with E-state index < -0.39 is 23.8 Å². The van der Waals surface area contributed by atoms with Crippen LogP contribution in [0.15, 0.2) is 42.0 Å². The third kappa shape index (κ3) is 4.22. The molecule has 0 aliphatic carbocycles. The summed E-state index contributed by atoms with van der Waals surface area (Å²) in [6, 6.07) is 5.28. The molecule has 5 rings (SSSR count). The Morgan fingerprint density at radius 2 is 2.06 bits per heavy atom. The number of pyridine rings is 1. The van der Waals surface area contributed by atoms with Crippen molar-refractivity contribution in [2.24, 2.45) is 7.05 Å². The van der Waals surface area contributed by atoms with Crippen molar-refractivity contribution in [2.45, 2.75) is 6.10 Å². The fourth-order valence-electron chi connectivity index (χ4n) is 3.40. The third-order valence-electron chi connectivity index (χ3n) is 4.92. The summed E-state index contributed by atoms with van der Waals surface area (Å²) in [4.78, 5) is 23.0. The molecule has 1 saturated heterocycles. The Balaban J connectivity index is 1.33. The highest BCUT2D eigenvalue weighted by molar-refractivity contribution is 7.13. The summed E-state index contributed by atoms with van der Waals surface area (Å²) in [5.74, 6) is -1.35. The van der Waals surface area contributed by atoms with E-state index in [1.807, 2.05) is 5.38 Å². The molecule has 1 N–H and O–H groups in total. The largest absolute Gasteiger partial charge is 0.442 e. The molecule has 0 radical (unpaired) electrons. The van der Waals surface area contributed by atoms with Gasteiger partial charge >= 0.3 is 6.09 Å². The van der Waals surface area contributed by atoms with Crippen LogP contribution in [0.25, 0.3) is 22.6 Å².